The zero-order valence-corrected chi connectivity index (χ0v) is 15.0. The summed E-state index contributed by atoms with van der Waals surface area (Å²) in [5.74, 6) is 0.0978. The van der Waals surface area contributed by atoms with Crippen LogP contribution in [0.25, 0.3) is 11.0 Å². The highest BCUT2D eigenvalue weighted by Crippen LogP contribution is 2.23. The minimum absolute atomic E-state index is 0.0697. The van der Waals surface area contributed by atoms with Gasteiger partial charge in [-0.3, -0.25) is 9.48 Å². The number of anilines is 1. The largest absolute Gasteiger partial charge is 0.360 e. The number of aromatic nitrogens is 4. The van der Waals surface area contributed by atoms with Crippen molar-refractivity contribution in [2.75, 3.05) is 18.4 Å². The maximum atomic E-state index is 13.4. The van der Waals surface area contributed by atoms with E-state index in [0.29, 0.717) is 18.0 Å². The molecule has 8 heteroatoms. The Hall–Kier alpha value is -3.03. The number of halogens is 1. The van der Waals surface area contributed by atoms with Crippen molar-refractivity contribution in [3.05, 3.63) is 48.2 Å². The van der Waals surface area contributed by atoms with Gasteiger partial charge < -0.3 is 10.6 Å². The van der Waals surface area contributed by atoms with E-state index in [2.05, 4.69) is 25.7 Å². The van der Waals surface area contributed by atoms with Gasteiger partial charge >= 0.3 is 0 Å². The predicted molar refractivity (Wildman–Crippen MR) is 97.2 cm³/mol. The van der Waals surface area contributed by atoms with E-state index in [-0.39, 0.29) is 23.7 Å². The molecule has 0 radical (unpaired) electrons. The summed E-state index contributed by atoms with van der Waals surface area (Å²) in [6, 6.07) is 6.42. The van der Waals surface area contributed by atoms with Gasteiger partial charge in [-0.1, -0.05) is 26.0 Å². The summed E-state index contributed by atoms with van der Waals surface area (Å²) in [6.45, 7) is 4.38. The van der Waals surface area contributed by atoms with Gasteiger partial charge in [-0.25, -0.2) is 14.4 Å². The van der Waals surface area contributed by atoms with Crippen molar-refractivity contribution in [3.63, 3.8) is 0 Å². The number of carbonyl (C=O) groups excluding carboxylic acids is 1. The van der Waals surface area contributed by atoms with Gasteiger partial charge in [-0.2, -0.15) is 5.10 Å². The summed E-state index contributed by atoms with van der Waals surface area (Å²) in [4.78, 5) is 20.5. The monoisotopic (exact) mass is 356 g/mol. The highest BCUT2D eigenvalue weighted by atomic mass is 19.1. The quantitative estimate of drug-likeness (QED) is 0.706. The molecule has 0 aliphatic heterocycles. The fraction of sp³-hybridized carbons (Fsp3) is 0.333. The molecule has 0 fully saturated rings. The van der Waals surface area contributed by atoms with Crippen LogP contribution >= 0.6 is 0 Å². The molecular weight excluding hydrogens is 335 g/mol. The Morgan fingerprint density at radius 3 is 2.88 bits per heavy atom. The number of hydrogen-bond acceptors (Lipinski definition) is 5. The molecule has 3 rings (SSSR count). The summed E-state index contributed by atoms with van der Waals surface area (Å²) in [5, 5.41) is 10.8. The van der Waals surface area contributed by atoms with E-state index >= 15 is 0 Å². The molecule has 3 aromatic rings. The van der Waals surface area contributed by atoms with Crippen LogP contribution < -0.4 is 10.6 Å². The Morgan fingerprint density at radius 2 is 2.12 bits per heavy atom. The van der Waals surface area contributed by atoms with E-state index in [1.807, 2.05) is 19.9 Å². The molecule has 26 heavy (non-hydrogen) atoms. The number of carbonyl (C=O) groups is 1. The third-order valence-electron chi connectivity index (χ3n) is 4.28. The third kappa shape index (κ3) is 3.79. The number of benzene rings is 1. The Bertz CT molecular complexity index is 936. The van der Waals surface area contributed by atoms with Crippen molar-refractivity contribution in [1.29, 1.82) is 0 Å². The van der Waals surface area contributed by atoms with Gasteiger partial charge in [0.25, 0.3) is 0 Å². The van der Waals surface area contributed by atoms with E-state index in [1.54, 1.807) is 24.0 Å². The average molecular weight is 356 g/mol. The maximum absolute atomic E-state index is 13.4. The lowest BCUT2D eigenvalue weighted by molar-refractivity contribution is -0.119. The zero-order chi connectivity index (χ0) is 18.7. The van der Waals surface area contributed by atoms with Gasteiger partial charge in [0.15, 0.2) is 5.65 Å². The third-order valence-corrected chi connectivity index (χ3v) is 4.28. The van der Waals surface area contributed by atoms with Gasteiger partial charge in [0.05, 0.1) is 18.1 Å². The smallest absolute Gasteiger partial charge is 0.239 e. The van der Waals surface area contributed by atoms with Crippen molar-refractivity contribution in [1.82, 2.24) is 25.1 Å². The lowest BCUT2D eigenvalue weighted by Crippen LogP contribution is -2.39. The normalized spacial score (nSPS) is 11.5. The van der Waals surface area contributed by atoms with E-state index in [9.17, 15) is 9.18 Å². The van der Waals surface area contributed by atoms with Crippen molar-refractivity contribution >= 4 is 22.8 Å². The summed E-state index contributed by atoms with van der Waals surface area (Å²) in [6.07, 6.45) is 3.08. The second kappa shape index (κ2) is 7.07. The first-order valence-corrected chi connectivity index (χ1v) is 8.26. The summed E-state index contributed by atoms with van der Waals surface area (Å²) < 4.78 is 15.1. The second-order valence-corrected chi connectivity index (χ2v) is 6.75. The molecule has 0 aliphatic rings. The molecule has 0 aliphatic carbocycles. The van der Waals surface area contributed by atoms with Crippen LogP contribution in [0.3, 0.4) is 0 Å². The fourth-order valence-corrected chi connectivity index (χ4v) is 2.66. The molecule has 1 amide bonds. The molecule has 0 atom stereocenters. The van der Waals surface area contributed by atoms with E-state index in [1.165, 1.54) is 18.5 Å². The first-order chi connectivity index (χ1) is 12.4. The Morgan fingerprint density at radius 1 is 1.31 bits per heavy atom. The lowest BCUT2D eigenvalue weighted by Gasteiger charge is -2.25. The Balaban J connectivity index is 1.59. The van der Waals surface area contributed by atoms with Gasteiger partial charge in [0.2, 0.25) is 5.91 Å². The summed E-state index contributed by atoms with van der Waals surface area (Å²) in [5.41, 5.74) is 1.14. The first kappa shape index (κ1) is 17.8. The van der Waals surface area contributed by atoms with Crippen LogP contribution in [-0.4, -0.2) is 38.7 Å². The molecule has 0 unspecified atom stereocenters. The molecule has 7 nitrogen and oxygen atoms in total. The van der Waals surface area contributed by atoms with Gasteiger partial charge in [0, 0.05) is 19.0 Å². The molecule has 2 heterocycles. The molecule has 1 aromatic carbocycles. The minimum Gasteiger partial charge on any atom is -0.360 e. The van der Waals surface area contributed by atoms with Crippen LogP contribution in [0, 0.1) is 5.82 Å². The number of nitrogens with one attached hydrogen (secondary N) is 2. The topological polar surface area (TPSA) is 84.7 Å². The molecule has 0 spiro atoms. The van der Waals surface area contributed by atoms with Gasteiger partial charge in [-0.05, 0) is 17.7 Å². The average Bonchev–Trinajstić information content (AvgIpc) is 3.00. The number of fused-ring (bicyclic) bond motifs is 1. The molecule has 136 valence electrons. The van der Waals surface area contributed by atoms with E-state index in [0.717, 1.165) is 10.9 Å². The number of hydrogen-bond donors (Lipinski definition) is 2. The molecule has 0 saturated carbocycles. The lowest BCUT2D eigenvalue weighted by atomic mass is 9.84. The maximum Gasteiger partial charge on any atom is 0.239 e. The Labute approximate surface area is 150 Å². The first-order valence-electron chi connectivity index (χ1n) is 8.26. The van der Waals surface area contributed by atoms with Crippen molar-refractivity contribution in [2.45, 2.75) is 19.3 Å². The number of aryl methyl sites for hydroxylation is 1. The van der Waals surface area contributed by atoms with Gasteiger partial charge in [0.1, 0.15) is 18.0 Å². The van der Waals surface area contributed by atoms with Crippen LogP contribution in [0.2, 0.25) is 0 Å². The molecule has 0 saturated heterocycles. The van der Waals surface area contributed by atoms with Gasteiger partial charge in [-0.15, -0.1) is 0 Å². The standard InChI is InChI=1S/C18H21FN6O/c1-18(2,12-5-4-6-13(19)7-12)10-21-15(26)9-20-16-14-8-24-25(3)17(14)23-11-22-16/h4-8,11H,9-10H2,1-3H3,(H,21,26)(H,20,22,23). The highest BCUT2D eigenvalue weighted by molar-refractivity contribution is 5.88. The number of rotatable bonds is 6. The van der Waals surface area contributed by atoms with Crippen LogP contribution in [-0.2, 0) is 17.3 Å². The molecular formula is C18H21FN6O. The molecule has 2 N–H and O–H groups in total. The second-order valence-electron chi connectivity index (χ2n) is 6.75. The predicted octanol–water partition coefficient (Wildman–Crippen LogP) is 2.01. The zero-order valence-electron chi connectivity index (χ0n) is 15.0. The van der Waals surface area contributed by atoms with Crippen molar-refractivity contribution in [2.24, 2.45) is 7.05 Å². The summed E-state index contributed by atoms with van der Waals surface area (Å²) >= 11 is 0. The minimum atomic E-state index is -0.386. The SMILES string of the molecule is Cn1ncc2c(NCC(=O)NCC(C)(C)c3cccc(F)c3)ncnc21. The highest BCUT2D eigenvalue weighted by Gasteiger charge is 2.22. The fourth-order valence-electron chi connectivity index (χ4n) is 2.66. The number of nitrogens with zero attached hydrogens (tertiary/aromatic N) is 4. The van der Waals surface area contributed by atoms with Crippen molar-refractivity contribution in [3.8, 4) is 0 Å². The molecule has 0 bridgehead atoms. The van der Waals surface area contributed by atoms with Crippen LogP contribution in [0.1, 0.15) is 19.4 Å². The van der Waals surface area contributed by atoms with Crippen LogP contribution in [0.4, 0.5) is 10.2 Å². The Kier molecular flexibility index (Phi) is 4.83. The van der Waals surface area contributed by atoms with E-state index < -0.39 is 0 Å². The van der Waals surface area contributed by atoms with E-state index in [4.69, 9.17) is 0 Å². The van der Waals surface area contributed by atoms with Crippen molar-refractivity contribution < 1.29 is 9.18 Å². The number of amides is 1. The van der Waals surface area contributed by atoms with Crippen LogP contribution in [0.15, 0.2) is 36.8 Å². The molecule has 2 aromatic heterocycles. The van der Waals surface area contributed by atoms with Crippen LogP contribution in [0.5, 0.6) is 0 Å². The summed E-state index contributed by atoms with van der Waals surface area (Å²) in [7, 11) is 1.79.